The van der Waals surface area contributed by atoms with Gasteiger partial charge in [-0.2, -0.15) is 0 Å². The standard InChI is InChI=1S/C20H22N2O4S/c1-13-5-4-6-14(2)19(13)22-17(23)11-21-18(24)12-26-20(25)15-7-9-16(27-3)10-8-15/h4-10H,11-12H2,1-3H3,(H,21,24)(H,22,23). The van der Waals surface area contributed by atoms with E-state index >= 15 is 0 Å². The highest BCUT2D eigenvalue weighted by Crippen LogP contribution is 2.19. The predicted molar refractivity (Wildman–Crippen MR) is 106 cm³/mol. The van der Waals surface area contributed by atoms with Crippen LogP contribution in [0.3, 0.4) is 0 Å². The van der Waals surface area contributed by atoms with Crippen molar-refractivity contribution in [2.75, 3.05) is 24.7 Å². The summed E-state index contributed by atoms with van der Waals surface area (Å²) in [5.41, 5.74) is 2.98. The Morgan fingerprint density at radius 3 is 2.19 bits per heavy atom. The number of ether oxygens (including phenoxy) is 1. The third kappa shape index (κ3) is 6.14. The lowest BCUT2D eigenvalue weighted by atomic mass is 10.1. The second kappa shape index (κ2) is 9.78. The number of nitrogens with one attached hydrogen (secondary N) is 2. The van der Waals surface area contributed by atoms with Crippen molar-refractivity contribution in [3.63, 3.8) is 0 Å². The van der Waals surface area contributed by atoms with Gasteiger partial charge in [0, 0.05) is 10.6 Å². The van der Waals surface area contributed by atoms with Crippen LogP contribution < -0.4 is 10.6 Å². The number of anilines is 1. The summed E-state index contributed by atoms with van der Waals surface area (Å²) in [7, 11) is 0. The Morgan fingerprint density at radius 1 is 0.963 bits per heavy atom. The summed E-state index contributed by atoms with van der Waals surface area (Å²) in [6.45, 7) is 3.14. The maximum Gasteiger partial charge on any atom is 0.338 e. The zero-order valence-electron chi connectivity index (χ0n) is 15.5. The van der Waals surface area contributed by atoms with Crippen molar-refractivity contribution in [1.82, 2.24) is 5.32 Å². The summed E-state index contributed by atoms with van der Waals surface area (Å²) < 4.78 is 4.96. The number of rotatable bonds is 7. The van der Waals surface area contributed by atoms with Gasteiger partial charge in [-0.05, 0) is 55.5 Å². The van der Waals surface area contributed by atoms with E-state index in [1.54, 1.807) is 36.0 Å². The van der Waals surface area contributed by atoms with Crippen molar-refractivity contribution >= 4 is 35.2 Å². The zero-order valence-corrected chi connectivity index (χ0v) is 16.3. The molecule has 0 fully saturated rings. The molecule has 7 heteroatoms. The van der Waals surface area contributed by atoms with Gasteiger partial charge < -0.3 is 15.4 Å². The Bertz CT molecular complexity index is 814. The Morgan fingerprint density at radius 2 is 1.59 bits per heavy atom. The molecule has 0 atom stereocenters. The number of carbonyl (C=O) groups is 3. The van der Waals surface area contributed by atoms with Crippen molar-refractivity contribution in [1.29, 1.82) is 0 Å². The van der Waals surface area contributed by atoms with Gasteiger partial charge in [0.15, 0.2) is 6.61 Å². The van der Waals surface area contributed by atoms with Gasteiger partial charge in [0.05, 0.1) is 12.1 Å². The number of carbonyl (C=O) groups excluding carboxylic acids is 3. The molecule has 0 aliphatic carbocycles. The van der Waals surface area contributed by atoms with E-state index in [4.69, 9.17) is 4.74 Å². The van der Waals surface area contributed by atoms with Crippen molar-refractivity contribution in [3.8, 4) is 0 Å². The third-order valence-electron chi connectivity index (χ3n) is 3.85. The highest BCUT2D eigenvalue weighted by molar-refractivity contribution is 7.98. The smallest absolute Gasteiger partial charge is 0.338 e. The van der Waals surface area contributed by atoms with Crippen LogP contribution in [0.4, 0.5) is 5.69 Å². The average molecular weight is 386 g/mol. The number of hydrogen-bond donors (Lipinski definition) is 2. The van der Waals surface area contributed by atoms with Crippen LogP contribution in [0.25, 0.3) is 0 Å². The summed E-state index contributed by atoms with van der Waals surface area (Å²) >= 11 is 1.56. The quantitative estimate of drug-likeness (QED) is 0.565. The molecule has 142 valence electrons. The van der Waals surface area contributed by atoms with Crippen LogP contribution >= 0.6 is 11.8 Å². The van der Waals surface area contributed by atoms with E-state index < -0.39 is 18.5 Å². The fraction of sp³-hybridized carbons (Fsp3) is 0.250. The van der Waals surface area contributed by atoms with Gasteiger partial charge in [-0.25, -0.2) is 4.79 Å². The Hall–Kier alpha value is -2.80. The molecule has 0 saturated heterocycles. The van der Waals surface area contributed by atoms with Crippen molar-refractivity contribution in [2.24, 2.45) is 0 Å². The molecule has 0 unspecified atom stereocenters. The Balaban J connectivity index is 1.76. The van der Waals surface area contributed by atoms with Gasteiger partial charge >= 0.3 is 5.97 Å². The number of benzene rings is 2. The minimum atomic E-state index is -0.585. The van der Waals surface area contributed by atoms with E-state index in [2.05, 4.69) is 10.6 Å². The fourth-order valence-corrected chi connectivity index (χ4v) is 2.77. The lowest BCUT2D eigenvalue weighted by Gasteiger charge is -2.12. The number of aryl methyl sites for hydroxylation is 2. The van der Waals surface area contributed by atoms with Crippen LogP contribution in [0.5, 0.6) is 0 Å². The number of para-hydroxylation sites is 1. The molecule has 0 heterocycles. The minimum Gasteiger partial charge on any atom is -0.452 e. The lowest BCUT2D eigenvalue weighted by Crippen LogP contribution is -2.35. The van der Waals surface area contributed by atoms with Crippen LogP contribution in [0.1, 0.15) is 21.5 Å². The van der Waals surface area contributed by atoms with E-state index in [1.807, 2.05) is 38.3 Å². The summed E-state index contributed by atoms with van der Waals surface area (Å²) in [6.07, 6.45) is 1.94. The predicted octanol–water partition coefficient (Wildman–Crippen LogP) is 2.94. The molecule has 6 nitrogen and oxygen atoms in total. The molecule has 27 heavy (non-hydrogen) atoms. The second-order valence-electron chi connectivity index (χ2n) is 5.90. The highest BCUT2D eigenvalue weighted by Gasteiger charge is 2.12. The maximum atomic E-state index is 12.0. The van der Waals surface area contributed by atoms with Crippen LogP contribution in [0.15, 0.2) is 47.4 Å². The molecule has 0 aliphatic rings. The summed E-state index contributed by atoms with van der Waals surface area (Å²) in [4.78, 5) is 36.7. The molecule has 2 aromatic rings. The normalized spacial score (nSPS) is 10.2. The van der Waals surface area contributed by atoms with E-state index in [9.17, 15) is 14.4 Å². The van der Waals surface area contributed by atoms with E-state index in [0.29, 0.717) is 5.56 Å². The molecular weight excluding hydrogens is 364 g/mol. The zero-order chi connectivity index (χ0) is 19.8. The molecule has 2 aromatic carbocycles. The number of thioether (sulfide) groups is 1. The first kappa shape index (κ1) is 20.5. The lowest BCUT2D eigenvalue weighted by molar-refractivity contribution is -0.126. The number of hydrogen-bond acceptors (Lipinski definition) is 5. The van der Waals surface area contributed by atoms with Crippen molar-refractivity contribution in [2.45, 2.75) is 18.7 Å². The SMILES string of the molecule is CSc1ccc(C(=O)OCC(=O)NCC(=O)Nc2c(C)cccc2C)cc1. The van der Waals surface area contributed by atoms with Crippen LogP contribution in [0, 0.1) is 13.8 Å². The Kier molecular flexibility index (Phi) is 7.43. The van der Waals surface area contributed by atoms with Gasteiger partial charge in [0.1, 0.15) is 0 Å². The molecule has 2 N–H and O–H groups in total. The average Bonchev–Trinajstić information content (AvgIpc) is 2.67. The molecule has 0 bridgehead atoms. The molecule has 0 radical (unpaired) electrons. The van der Waals surface area contributed by atoms with Gasteiger partial charge in [-0.1, -0.05) is 18.2 Å². The first-order chi connectivity index (χ1) is 12.9. The van der Waals surface area contributed by atoms with E-state index in [-0.39, 0.29) is 12.5 Å². The van der Waals surface area contributed by atoms with Crippen molar-refractivity contribution < 1.29 is 19.1 Å². The highest BCUT2D eigenvalue weighted by atomic mass is 32.2. The minimum absolute atomic E-state index is 0.202. The first-order valence-electron chi connectivity index (χ1n) is 8.34. The molecule has 2 rings (SSSR count). The summed E-state index contributed by atoms with van der Waals surface area (Å²) in [5.74, 6) is -1.47. The van der Waals surface area contributed by atoms with Gasteiger partial charge in [-0.15, -0.1) is 11.8 Å². The molecule has 0 aliphatic heterocycles. The van der Waals surface area contributed by atoms with Gasteiger partial charge in [0.2, 0.25) is 5.91 Å². The molecule has 2 amide bonds. The van der Waals surface area contributed by atoms with Gasteiger partial charge in [-0.3, -0.25) is 9.59 Å². The van der Waals surface area contributed by atoms with Crippen LogP contribution in [-0.4, -0.2) is 37.2 Å². The Labute approximate surface area is 162 Å². The monoisotopic (exact) mass is 386 g/mol. The molecular formula is C20H22N2O4S. The molecule has 0 spiro atoms. The van der Waals surface area contributed by atoms with Crippen LogP contribution in [0.2, 0.25) is 0 Å². The maximum absolute atomic E-state index is 12.0. The topological polar surface area (TPSA) is 84.5 Å². The van der Waals surface area contributed by atoms with Crippen molar-refractivity contribution in [3.05, 3.63) is 59.2 Å². The summed E-state index contributed by atoms with van der Waals surface area (Å²) in [6, 6.07) is 12.6. The van der Waals surface area contributed by atoms with E-state index in [0.717, 1.165) is 21.7 Å². The number of amides is 2. The summed E-state index contributed by atoms with van der Waals surface area (Å²) in [5, 5.41) is 5.21. The largest absolute Gasteiger partial charge is 0.452 e. The first-order valence-corrected chi connectivity index (χ1v) is 9.57. The van der Waals surface area contributed by atoms with E-state index in [1.165, 1.54) is 0 Å². The molecule has 0 saturated carbocycles. The second-order valence-corrected chi connectivity index (χ2v) is 6.78. The van der Waals surface area contributed by atoms with Crippen LogP contribution in [-0.2, 0) is 14.3 Å². The third-order valence-corrected chi connectivity index (χ3v) is 4.60. The number of esters is 1. The fourth-order valence-electron chi connectivity index (χ4n) is 2.37. The molecule has 0 aromatic heterocycles. The van der Waals surface area contributed by atoms with Gasteiger partial charge in [0.25, 0.3) is 5.91 Å².